The van der Waals surface area contributed by atoms with Gasteiger partial charge in [-0.15, -0.1) is 0 Å². The van der Waals surface area contributed by atoms with Gasteiger partial charge in [0.05, 0.1) is 0 Å². The summed E-state index contributed by atoms with van der Waals surface area (Å²) < 4.78 is 0. The van der Waals surface area contributed by atoms with Crippen LogP contribution in [0.2, 0.25) is 0 Å². The number of hydrogen-bond donors (Lipinski definition) is 1. The Hall–Kier alpha value is -0.860. The van der Waals surface area contributed by atoms with E-state index in [1.165, 1.54) is 50.8 Å². The maximum Gasteiger partial charge on any atom is 0.0238 e. The summed E-state index contributed by atoms with van der Waals surface area (Å²) in [6.45, 7) is 3.52. The second-order valence-electron chi connectivity index (χ2n) is 6.42. The maximum absolute atomic E-state index is 3.69. The Morgan fingerprint density at radius 3 is 2.63 bits per heavy atom. The molecular formula is C17H26N2. The summed E-state index contributed by atoms with van der Waals surface area (Å²) >= 11 is 0. The predicted molar refractivity (Wildman–Crippen MR) is 80.2 cm³/mol. The molecule has 19 heavy (non-hydrogen) atoms. The lowest BCUT2D eigenvalue weighted by Gasteiger charge is -2.30. The first-order valence-electron chi connectivity index (χ1n) is 7.80. The highest BCUT2D eigenvalue weighted by molar-refractivity contribution is 5.29. The molecule has 0 aromatic heterocycles. The van der Waals surface area contributed by atoms with Gasteiger partial charge in [-0.3, -0.25) is 0 Å². The molecule has 1 fully saturated rings. The molecule has 1 aliphatic carbocycles. The second-order valence-corrected chi connectivity index (χ2v) is 6.42. The van der Waals surface area contributed by atoms with Crippen LogP contribution in [0.5, 0.6) is 0 Å². The normalized spacial score (nSPS) is 23.8. The highest BCUT2D eigenvalue weighted by Crippen LogP contribution is 2.25. The zero-order valence-electron chi connectivity index (χ0n) is 12.1. The number of nitrogens with one attached hydrogen (secondary N) is 1. The highest BCUT2D eigenvalue weighted by Gasteiger charge is 2.21. The molecule has 1 atom stereocenters. The SMILES string of the molecule is CN(CC1CCCC1)CC1Cc2ccccc2CN1. The number of rotatable bonds is 4. The van der Waals surface area contributed by atoms with Crippen molar-refractivity contribution in [3.63, 3.8) is 0 Å². The van der Waals surface area contributed by atoms with Gasteiger partial charge in [-0.2, -0.15) is 0 Å². The zero-order valence-corrected chi connectivity index (χ0v) is 12.1. The standard InChI is InChI=1S/C17H26N2/c1-19(12-14-6-2-3-7-14)13-17-10-15-8-4-5-9-16(15)11-18-17/h4-5,8-9,14,17-18H,2-3,6-7,10-13H2,1H3. The Labute approximate surface area is 117 Å². The van der Waals surface area contributed by atoms with E-state index >= 15 is 0 Å². The van der Waals surface area contributed by atoms with Crippen LogP contribution in [0.25, 0.3) is 0 Å². The van der Waals surface area contributed by atoms with E-state index in [1.807, 2.05) is 0 Å². The van der Waals surface area contributed by atoms with Gasteiger partial charge in [-0.05, 0) is 43.4 Å². The van der Waals surface area contributed by atoms with Crippen molar-refractivity contribution in [1.82, 2.24) is 10.2 Å². The van der Waals surface area contributed by atoms with Gasteiger partial charge < -0.3 is 10.2 Å². The fraction of sp³-hybridized carbons (Fsp3) is 0.647. The van der Waals surface area contributed by atoms with E-state index in [0.29, 0.717) is 6.04 Å². The van der Waals surface area contributed by atoms with E-state index in [9.17, 15) is 0 Å². The molecule has 0 saturated heterocycles. The van der Waals surface area contributed by atoms with Crippen molar-refractivity contribution in [2.24, 2.45) is 5.92 Å². The third kappa shape index (κ3) is 3.37. The van der Waals surface area contributed by atoms with Crippen molar-refractivity contribution < 1.29 is 0 Å². The van der Waals surface area contributed by atoms with E-state index in [-0.39, 0.29) is 0 Å². The Balaban J connectivity index is 1.51. The summed E-state index contributed by atoms with van der Waals surface area (Å²) in [4.78, 5) is 2.54. The van der Waals surface area contributed by atoms with Gasteiger partial charge in [0.15, 0.2) is 0 Å². The van der Waals surface area contributed by atoms with Crippen LogP contribution in [0.4, 0.5) is 0 Å². The van der Waals surface area contributed by atoms with Gasteiger partial charge in [0, 0.05) is 25.7 Å². The number of hydrogen-bond acceptors (Lipinski definition) is 2. The number of nitrogens with zero attached hydrogens (tertiary/aromatic N) is 1. The van der Waals surface area contributed by atoms with Crippen LogP contribution in [0, 0.1) is 5.92 Å². The summed E-state index contributed by atoms with van der Waals surface area (Å²) in [5.41, 5.74) is 3.03. The third-order valence-electron chi connectivity index (χ3n) is 4.74. The highest BCUT2D eigenvalue weighted by atomic mass is 15.1. The first-order chi connectivity index (χ1) is 9.31. The monoisotopic (exact) mass is 258 g/mol. The lowest BCUT2D eigenvalue weighted by molar-refractivity contribution is 0.243. The van der Waals surface area contributed by atoms with E-state index in [2.05, 4.69) is 41.5 Å². The van der Waals surface area contributed by atoms with Crippen molar-refractivity contribution in [2.75, 3.05) is 20.1 Å². The van der Waals surface area contributed by atoms with Crippen LogP contribution in [0.3, 0.4) is 0 Å². The Bertz CT molecular complexity index is 409. The molecule has 0 radical (unpaired) electrons. The molecule has 1 heterocycles. The minimum Gasteiger partial charge on any atom is -0.308 e. The topological polar surface area (TPSA) is 15.3 Å². The van der Waals surface area contributed by atoms with Gasteiger partial charge >= 0.3 is 0 Å². The lowest BCUT2D eigenvalue weighted by atomic mass is 9.95. The molecule has 0 amide bonds. The summed E-state index contributed by atoms with van der Waals surface area (Å²) in [5, 5.41) is 3.69. The van der Waals surface area contributed by atoms with Crippen LogP contribution >= 0.6 is 0 Å². The number of likely N-dealkylation sites (N-methyl/N-ethyl adjacent to an activating group) is 1. The number of benzene rings is 1. The molecule has 2 heteroatoms. The van der Waals surface area contributed by atoms with Gasteiger partial charge in [0.2, 0.25) is 0 Å². The van der Waals surface area contributed by atoms with Crippen molar-refractivity contribution in [3.05, 3.63) is 35.4 Å². The molecule has 0 bridgehead atoms. The first kappa shape index (κ1) is 13.1. The maximum atomic E-state index is 3.69. The average Bonchev–Trinajstić information content (AvgIpc) is 2.91. The fourth-order valence-corrected chi connectivity index (χ4v) is 3.73. The van der Waals surface area contributed by atoms with Crippen molar-refractivity contribution in [2.45, 2.75) is 44.7 Å². The van der Waals surface area contributed by atoms with Crippen molar-refractivity contribution in [1.29, 1.82) is 0 Å². The van der Waals surface area contributed by atoms with Gasteiger partial charge in [0.1, 0.15) is 0 Å². The van der Waals surface area contributed by atoms with Crippen LogP contribution < -0.4 is 5.32 Å². The smallest absolute Gasteiger partial charge is 0.0238 e. The molecule has 1 aliphatic heterocycles. The molecule has 0 spiro atoms. The zero-order chi connectivity index (χ0) is 13.1. The summed E-state index contributed by atoms with van der Waals surface area (Å²) in [6.07, 6.45) is 6.99. The molecule has 3 rings (SSSR count). The Morgan fingerprint density at radius 1 is 1.11 bits per heavy atom. The Morgan fingerprint density at radius 2 is 1.84 bits per heavy atom. The van der Waals surface area contributed by atoms with E-state index < -0.39 is 0 Å². The minimum absolute atomic E-state index is 0.626. The molecule has 1 unspecified atom stereocenters. The molecule has 2 aliphatic rings. The van der Waals surface area contributed by atoms with Crippen LogP contribution in [0.1, 0.15) is 36.8 Å². The van der Waals surface area contributed by atoms with Crippen LogP contribution in [-0.4, -0.2) is 31.1 Å². The summed E-state index contributed by atoms with van der Waals surface area (Å²) in [6, 6.07) is 9.48. The molecule has 1 N–H and O–H groups in total. The van der Waals surface area contributed by atoms with E-state index in [4.69, 9.17) is 0 Å². The molecule has 1 aromatic rings. The minimum atomic E-state index is 0.626. The van der Waals surface area contributed by atoms with Crippen LogP contribution in [0.15, 0.2) is 24.3 Å². The molecular weight excluding hydrogens is 232 g/mol. The van der Waals surface area contributed by atoms with Crippen molar-refractivity contribution in [3.8, 4) is 0 Å². The van der Waals surface area contributed by atoms with Crippen LogP contribution in [-0.2, 0) is 13.0 Å². The summed E-state index contributed by atoms with van der Waals surface area (Å²) in [7, 11) is 2.29. The first-order valence-corrected chi connectivity index (χ1v) is 7.80. The second kappa shape index (κ2) is 6.06. The Kier molecular flexibility index (Phi) is 4.19. The van der Waals surface area contributed by atoms with Gasteiger partial charge in [-0.25, -0.2) is 0 Å². The van der Waals surface area contributed by atoms with Gasteiger partial charge in [0.25, 0.3) is 0 Å². The molecule has 1 aromatic carbocycles. The summed E-state index contributed by atoms with van der Waals surface area (Å²) in [5.74, 6) is 0.959. The average molecular weight is 258 g/mol. The molecule has 1 saturated carbocycles. The predicted octanol–water partition coefficient (Wildman–Crippen LogP) is 2.82. The molecule has 2 nitrogen and oxygen atoms in total. The molecule has 104 valence electrons. The van der Waals surface area contributed by atoms with E-state index in [0.717, 1.165) is 12.5 Å². The fourth-order valence-electron chi connectivity index (χ4n) is 3.73. The quantitative estimate of drug-likeness (QED) is 0.893. The van der Waals surface area contributed by atoms with Crippen molar-refractivity contribution >= 4 is 0 Å². The van der Waals surface area contributed by atoms with E-state index in [1.54, 1.807) is 5.56 Å². The number of fused-ring (bicyclic) bond motifs is 1. The van der Waals surface area contributed by atoms with Gasteiger partial charge in [-0.1, -0.05) is 37.1 Å². The largest absolute Gasteiger partial charge is 0.308 e. The third-order valence-corrected chi connectivity index (χ3v) is 4.74. The lowest BCUT2D eigenvalue weighted by Crippen LogP contribution is -2.44.